The molecule has 2 rings (SSSR count). The fourth-order valence-electron chi connectivity index (χ4n) is 2.02. The molecule has 0 aliphatic heterocycles. The Hall–Kier alpha value is -3.35. The zero-order valence-corrected chi connectivity index (χ0v) is 14.4. The summed E-state index contributed by atoms with van der Waals surface area (Å²) in [5.74, 6) is -0.147. The number of amides is 3. The monoisotopic (exact) mass is 339 g/mol. The predicted octanol–water partition coefficient (Wildman–Crippen LogP) is 2.87. The maximum Gasteiger partial charge on any atom is 0.339 e. The zero-order valence-electron chi connectivity index (χ0n) is 14.4. The molecule has 2 aromatic rings. The topological polar surface area (TPSA) is 85.8 Å². The maximum absolute atomic E-state index is 11.8. The minimum absolute atomic E-state index is 0.147. The minimum atomic E-state index is -0.451. The van der Waals surface area contributed by atoms with E-state index in [2.05, 4.69) is 21.2 Å². The van der Waals surface area contributed by atoms with Gasteiger partial charge < -0.3 is 15.5 Å². The van der Waals surface area contributed by atoms with E-state index in [0.29, 0.717) is 11.4 Å². The van der Waals surface area contributed by atoms with E-state index >= 15 is 0 Å². The van der Waals surface area contributed by atoms with Crippen LogP contribution in [0.4, 0.5) is 21.9 Å². The van der Waals surface area contributed by atoms with Gasteiger partial charge in [0.1, 0.15) is 0 Å². The number of carbonyl (C=O) groups is 2. The molecular weight excluding hydrogens is 318 g/mol. The van der Waals surface area contributed by atoms with Crippen LogP contribution < -0.4 is 21.0 Å². The van der Waals surface area contributed by atoms with Gasteiger partial charge in [-0.25, -0.2) is 10.2 Å². The minimum Gasteiger partial charge on any atom is -0.378 e. The molecular formula is C18H21N5O2. The quantitative estimate of drug-likeness (QED) is 0.578. The van der Waals surface area contributed by atoms with E-state index in [1.54, 1.807) is 30.5 Å². The first-order chi connectivity index (χ1) is 11.9. The lowest BCUT2D eigenvalue weighted by Gasteiger charge is -2.11. The molecule has 7 nitrogen and oxygen atoms in total. The summed E-state index contributed by atoms with van der Waals surface area (Å²) < 4.78 is 0. The molecule has 0 radical (unpaired) electrons. The first kappa shape index (κ1) is 18.0. The van der Waals surface area contributed by atoms with Crippen molar-refractivity contribution in [3.8, 4) is 0 Å². The van der Waals surface area contributed by atoms with Crippen LogP contribution in [0.2, 0.25) is 0 Å². The van der Waals surface area contributed by atoms with Gasteiger partial charge in [0, 0.05) is 38.1 Å². The second-order valence-electron chi connectivity index (χ2n) is 5.57. The number of benzene rings is 2. The van der Waals surface area contributed by atoms with Crippen molar-refractivity contribution in [2.75, 3.05) is 29.6 Å². The summed E-state index contributed by atoms with van der Waals surface area (Å²) >= 11 is 0. The lowest BCUT2D eigenvalue weighted by molar-refractivity contribution is -0.114. The Balaban J connectivity index is 1.84. The second-order valence-corrected chi connectivity index (χ2v) is 5.57. The molecule has 0 spiro atoms. The zero-order chi connectivity index (χ0) is 18.2. The van der Waals surface area contributed by atoms with Crippen molar-refractivity contribution < 1.29 is 9.59 Å². The van der Waals surface area contributed by atoms with E-state index in [4.69, 9.17) is 0 Å². The van der Waals surface area contributed by atoms with Crippen LogP contribution in [0.1, 0.15) is 12.5 Å². The molecule has 25 heavy (non-hydrogen) atoms. The van der Waals surface area contributed by atoms with Gasteiger partial charge >= 0.3 is 6.03 Å². The van der Waals surface area contributed by atoms with Crippen LogP contribution in [0.15, 0.2) is 53.6 Å². The fourth-order valence-corrected chi connectivity index (χ4v) is 2.02. The average molecular weight is 339 g/mol. The highest BCUT2D eigenvalue weighted by atomic mass is 16.2. The number of hydrazone groups is 1. The molecule has 2 aromatic carbocycles. The highest BCUT2D eigenvalue weighted by Crippen LogP contribution is 2.13. The number of nitrogens with one attached hydrogen (secondary N) is 3. The summed E-state index contributed by atoms with van der Waals surface area (Å²) in [4.78, 5) is 24.8. The molecule has 0 aliphatic rings. The normalized spacial score (nSPS) is 10.4. The average Bonchev–Trinajstić information content (AvgIpc) is 2.56. The third-order valence-corrected chi connectivity index (χ3v) is 3.25. The van der Waals surface area contributed by atoms with Gasteiger partial charge in [-0.05, 0) is 42.0 Å². The van der Waals surface area contributed by atoms with E-state index in [1.165, 1.54) is 6.92 Å². The third-order valence-electron chi connectivity index (χ3n) is 3.25. The van der Waals surface area contributed by atoms with Crippen LogP contribution in [-0.2, 0) is 4.79 Å². The summed E-state index contributed by atoms with van der Waals surface area (Å²) in [6.07, 6.45) is 1.57. The van der Waals surface area contributed by atoms with Gasteiger partial charge in [-0.1, -0.05) is 12.1 Å². The van der Waals surface area contributed by atoms with E-state index in [0.717, 1.165) is 11.3 Å². The van der Waals surface area contributed by atoms with Crippen molar-refractivity contribution in [3.05, 3.63) is 54.1 Å². The number of anilines is 3. The van der Waals surface area contributed by atoms with Gasteiger partial charge in [0.15, 0.2) is 0 Å². The molecule has 0 atom stereocenters. The van der Waals surface area contributed by atoms with E-state index in [1.807, 2.05) is 43.3 Å². The lowest BCUT2D eigenvalue weighted by Crippen LogP contribution is -2.24. The molecule has 3 N–H and O–H groups in total. The molecule has 0 saturated carbocycles. The van der Waals surface area contributed by atoms with Crippen molar-refractivity contribution in [2.45, 2.75) is 6.92 Å². The first-order valence-corrected chi connectivity index (χ1v) is 7.69. The largest absolute Gasteiger partial charge is 0.378 e. The van der Waals surface area contributed by atoms with Crippen LogP contribution >= 0.6 is 0 Å². The Kier molecular flexibility index (Phi) is 6.11. The van der Waals surface area contributed by atoms with Crippen LogP contribution in [-0.4, -0.2) is 32.2 Å². The van der Waals surface area contributed by atoms with E-state index in [-0.39, 0.29) is 5.91 Å². The SMILES string of the molecule is CC(=O)Nc1ccc(NC(=O)N/N=C/c2ccc(N(C)C)cc2)cc1. The summed E-state index contributed by atoms with van der Waals surface area (Å²) in [5, 5.41) is 9.22. The Morgan fingerprint density at radius 1 is 0.920 bits per heavy atom. The Morgan fingerprint density at radius 2 is 1.48 bits per heavy atom. The Morgan fingerprint density at radius 3 is 2.00 bits per heavy atom. The van der Waals surface area contributed by atoms with Crippen molar-refractivity contribution in [3.63, 3.8) is 0 Å². The third kappa shape index (κ3) is 5.98. The number of urea groups is 1. The molecule has 0 bridgehead atoms. The van der Waals surface area contributed by atoms with Gasteiger partial charge in [0.05, 0.1) is 6.21 Å². The van der Waals surface area contributed by atoms with Gasteiger partial charge in [0.2, 0.25) is 5.91 Å². The van der Waals surface area contributed by atoms with Crippen LogP contribution in [0.5, 0.6) is 0 Å². The summed E-state index contributed by atoms with van der Waals surface area (Å²) in [6.45, 7) is 1.44. The number of hydrogen-bond donors (Lipinski definition) is 3. The number of nitrogens with zero attached hydrogens (tertiary/aromatic N) is 2. The molecule has 0 aromatic heterocycles. The van der Waals surface area contributed by atoms with Gasteiger partial charge in [-0.2, -0.15) is 5.10 Å². The van der Waals surface area contributed by atoms with E-state index < -0.39 is 6.03 Å². The van der Waals surface area contributed by atoms with Crippen molar-refractivity contribution in [1.82, 2.24) is 5.43 Å². The molecule has 0 saturated heterocycles. The summed E-state index contributed by atoms with van der Waals surface area (Å²) in [7, 11) is 3.94. The number of rotatable bonds is 5. The van der Waals surface area contributed by atoms with Crippen molar-refractivity contribution in [2.24, 2.45) is 5.10 Å². The van der Waals surface area contributed by atoms with Gasteiger partial charge in [-0.15, -0.1) is 0 Å². The van der Waals surface area contributed by atoms with E-state index in [9.17, 15) is 9.59 Å². The highest BCUT2D eigenvalue weighted by Gasteiger charge is 2.01. The highest BCUT2D eigenvalue weighted by molar-refractivity contribution is 5.92. The fraction of sp³-hybridized carbons (Fsp3) is 0.167. The maximum atomic E-state index is 11.8. The molecule has 0 heterocycles. The van der Waals surface area contributed by atoms with Crippen LogP contribution in [0, 0.1) is 0 Å². The smallest absolute Gasteiger partial charge is 0.339 e. The first-order valence-electron chi connectivity index (χ1n) is 7.69. The molecule has 130 valence electrons. The van der Waals surface area contributed by atoms with Crippen LogP contribution in [0.25, 0.3) is 0 Å². The lowest BCUT2D eigenvalue weighted by atomic mass is 10.2. The molecule has 0 unspecified atom stereocenters. The van der Waals surface area contributed by atoms with Crippen LogP contribution in [0.3, 0.4) is 0 Å². The van der Waals surface area contributed by atoms with Gasteiger partial charge in [0.25, 0.3) is 0 Å². The second kappa shape index (κ2) is 8.49. The Bertz CT molecular complexity index is 752. The Labute approximate surface area is 146 Å². The predicted molar refractivity (Wildman–Crippen MR) is 101 cm³/mol. The molecule has 0 fully saturated rings. The van der Waals surface area contributed by atoms with Gasteiger partial charge in [-0.3, -0.25) is 4.79 Å². The van der Waals surface area contributed by atoms with Crippen molar-refractivity contribution in [1.29, 1.82) is 0 Å². The number of hydrogen-bond acceptors (Lipinski definition) is 4. The number of carbonyl (C=O) groups excluding carboxylic acids is 2. The molecule has 3 amide bonds. The summed E-state index contributed by atoms with van der Waals surface area (Å²) in [5.41, 5.74) is 5.63. The molecule has 7 heteroatoms. The summed E-state index contributed by atoms with van der Waals surface area (Å²) in [6, 6.07) is 14.1. The van der Waals surface area contributed by atoms with Crippen molar-refractivity contribution >= 4 is 35.2 Å². The molecule has 0 aliphatic carbocycles. The standard InChI is InChI=1S/C18H21N5O2/c1-13(24)20-15-6-8-16(9-7-15)21-18(25)22-19-12-14-4-10-17(11-5-14)23(2)3/h4-12H,1-3H3,(H,20,24)(H2,21,22,25)/b19-12+.